The van der Waals surface area contributed by atoms with E-state index in [1.807, 2.05) is 53.2 Å². The first-order chi connectivity index (χ1) is 13.9. The highest BCUT2D eigenvalue weighted by atomic mass is 16.5. The molecule has 0 atom stereocenters. The summed E-state index contributed by atoms with van der Waals surface area (Å²) in [6.07, 6.45) is 1.28. The molecule has 4 rings (SSSR count). The predicted molar refractivity (Wildman–Crippen MR) is 113 cm³/mol. The number of ketones is 1. The second kappa shape index (κ2) is 7.28. The minimum Gasteiger partial charge on any atom is -0.497 e. The highest BCUT2D eigenvalue weighted by Gasteiger charge is 2.36. The van der Waals surface area contributed by atoms with Gasteiger partial charge in [0.25, 0.3) is 0 Å². The number of ether oxygens (including phenoxy) is 2. The van der Waals surface area contributed by atoms with Crippen LogP contribution in [0.5, 0.6) is 11.5 Å². The lowest BCUT2D eigenvalue weighted by molar-refractivity contribution is 0.0912. The van der Waals surface area contributed by atoms with Gasteiger partial charge in [-0.25, -0.2) is 4.68 Å². The molecule has 3 aromatic rings. The number of carbonyl (C=O) groups is 1. The van der Waals surface area contributed by atoms with Crippen molar-refractivity contribution in [1.29, 1.82) is 0 Å². The number of nitrogens with one attached hydrogen (secondary N) is 1. The van der Waals surface area contributed by atoms with Gasteiger partial charge in [-0.3, -0.25) is 4.79 Å². The number of hydrogen-bond donors (Lipinski definition) is 1. The van der Waals surface area contributed by atoms with Gasteiger partial charge in [0.05, 0.1) is 31.2 Å². The van der Waals surface area contributed by atoms with Crippen molar-refractivity contribution in [1.82, 2.24) is 9.78 Å². The number of fused-ring (bicyclic) bond motifs is 1. The van der Waals surface area contributed by atoms with Gasteiger partial charge >= 0.3 is 0 Å². The van der Waals surface area contributed by atoms with Crippen LogP contribution in [0.4, 0.5) is 11.5 Å². The molecule has 0 aliphatic heterocycles. The number of aromatic nitrogens is 2. The molecule has 0 saturated carbocycles. The van der Waals surface area contributed by atoms with Gasteiger partial charge in [-0.15, -0.1) is 5.10 Å². The summed E-state index contributed by atoms with van der Waals surface area (Å²) in [5, 5.41) is 8.10. The molecule has 1 aromatic heterocycles. The van der Waals surface area contributed by atoms with Gasteiger partial charge in [-0.1, -0.05) is 13.8 Å². The molecule has 0 spiro atoms. The van der Waals surface area contributed by atoms with Crippen LogP contribution < -0.4 is 14.8 Å². The van der Waals surface area contributed by atoms with Crippen molar-refractivity contribution >= 4 is 17.3 Å². The van der Waals surface area contributed by atoms with Crippen molar-refractivity contribution in [3.05, 3.63) is 59.8 Å². The molecule has 1 heterocycles. The summed E-state index contributed by atoms with van der Waals surface area (Å²) < 4.78 is 12.4. The van der Waals surface area contributed by atoms with Crippen LogP contribution >= 0.6 is 0 Å². The second-order valence-corrected chi connectivity index (χ2v) is 8.07. The van der Waals surface area contributed by atoms with E-state index < -0.39 is 0 Å². The minimum absolute atomic E-state index is 0.105. The molecule has 6 nitrogen and oxygen atoms in total. The molecule has 1 aliphatic carbocycles. The first-order valence-corrected chi connectivity index (χ1v) is 9.61. The molecule has 29 heavy (non-hydrogen) atoms. The van der Waals surface area contributed by atoms with E-state index in [0.717, 1.165) is 35.0 Å². The van der Waals surface area contributed by atoms with Gasteiger partial charge in [-0.05, 0) is 60.4 Å². The van der Waals surface area contributed by atoms with E-state index in [0.29, 0.717) is 17.8 Å². The summed E-state index contributed by atoms with van der Waals surface area (Å²) in [5.74, 6) is 2.26. The third kappa shape index (κ3) is 3.70. The fourth-order valence-electron chi connectivity index (χ4n) is 3.78. The molecule has 0 amide bonds. The van der Waals surface area contributed by atoms with E-state index in [1.165, 1.54) is 0 Å². The summed E-state index contributed by atoms with van der Waals surface area (Å²) in [6.45, 7) is 4.24. The average molecular weight is 391 g/mol. The summed E-state index contributed by atoms with van der Waals surface area (Å²) in [4.78, 5) is 13.0. The quantitative estimate of drug-likeness (QED) is 0.677. The highest BCUT2D eigenvalue weighted by Crippen LogP contribution is 2.39. The maximum Gasteiger partial charge on any atom is 0.169 e. The van der Waals surface area contributed by atoms with Gasteiger partial charge in [0.1, 0.15) is 11.5 Å². The SMILES string of the molecule is COc1ccc(Nc2nn(-c3ccc(OC)cc3)c3c2C(=O)CC(C)(C)C3)cc1. The Morgan fingerprint density at radius 3 is 2.10 bits per heavy atom. The first kappa shape index (κ1) is 19.1. The largest absolute Gasteiger partial charge is 0.497 e. The van der Waals surface area contributed by atoms with Crippen molar-refractivity contribution in [3.63, 3.8) is 0 Å². The summed E-state index contributed by atoms with van der Waals surface area (Å²) >= 11 is 0. The molecule has 1 aliphatic rings. The molecular formula is C23H25N3O3. The standard InChI is InChI=1S/C23H25N3O3/c1-23(2)13-19-21(20(27)14-23)22(24-15-5-9-17(28-3)10-6-15)25-26(19)16-7-11-18(29-4)12-8-16/h5-12H,13-14H2,1-4H3,(H,24,25). The monoisotopic (exact) mass is 391 g/mol. The van der Waals surface area contributed by atoms with Crippen LogP contribution in [0.3, 0.4) is 0 Å². The summed E-state index contributed by atoms with van der Waals surface area (Å²) in [7, 11) is 3.28. The van der Waals surface area contributed by atoms with Crippen LogP contribution in [-0.2, 0) is 6.42 Å². The van der Waals surface area contributed by atoms with E-state index in [4.69, 9.17) is 14.6 Å². The smallest absolute Gasteiger partial charge is 0.169 e. The maximum absolute atomic E-state index is 13.0. The number of methoxy groups -OCH3 is 2. The van der Waals surface area contributed by atoms with E-state index >= 15 is 0 Å². The predicted octanol–water partition coefficient (Wildman–Crippen LogP) is 4.79. The van der Waals surface area contributed by atoms with Crippen molar-refractivity contribution in [2.75, 3.05) is 19.5 Å². The van der Waals surface area contributed by atoms with Gasteiger partial charge in [-0.2, -0.15) is 0 Å². The van der Waals surface area contributed by atoms with Gasteiger partial charge < -0.3 is 14.8 Å². The zero-order chi connectivity index (χ0) is 20.6. The zero-order valence-electron chi connectivity index (χ0n) is 17.2. The van der Waals surface area contributed by atoms with Crippen LogP contribution in [0.25, 0.3) is 5.69 Å². The molecule has 0 radical (unpaired) electrons. The van der Waals surface area contributed by atoms with Gasteiger partial charge in [0, 0.05) is 12.1 Å². The number of carbonyl (C=O) groups excluding carboxylic acids is 1. The first-order valence-electron chi connectivity index (χ1n) is 9.61. The Morgan fingerprint density at radius 2 is 1.52 bits per heavy atom. The Bertz CT molecular complexity index is 1030. The van der Waals surface area contributed by atoms with E-state index in [-0.39, 0.29) is 11.2 Å². The van der Waals surface area contributed by atoms with Crippen LogP contribution in [-0.4, -0.2) is 29.8 Å². The molecule has 0 saturated heterocycles. The number of rotatable bonds is 5. The van der Waals surface area contributed by atoms with Crippen molar-refractivity contribution < 1.29 is 14.3 Å². The van der Waals surface area contributed by atoms with E-state index in [1.54, 1.807) is 14.2 Å². The van der Waals surface area contributed by atoms with Crippen LogP contribution in [0.2, 0.25) is 0 Å². The lowest BCUT2D eigenvalue weighted by Crippen LogP contribution is -2.28. The third-order valence-electron chi connectivity index (χ3n) is 5.21. The second-order valence-electron chi connectivity index (χ2n) is 8.07. The molecule has 0 fully saturated rings. The third-order valence-corrected chi connectivity index (χ3v) is 5.21. The molecule has 2 aromatic carbocycles. The van der Waals surface area contributed by atoms with Gasteiger partial charge in [0.15, 0.2) is 11.6 Å². The summed E-state index contributed by atoms with van der Waals surface area (Å²) in [6, 6.07) is 15.3. The van der Waals surface area contributed by atoms with Crippen LogP contribution in [0, 0.1) is 5.41 Å². The Labute approximate surface area is 170 Å². The topological polar surface area (TPSA) is 65.4 Å². The molecular weight excluding hydrogens is 366 g/mol. The molecule has 1 N–H and O–H groups in total. The van der Waals surface area contributed by atoms with Crippen LogP contribution in [0.1, 0.15) is 36.3 Å². The van der Waals surface area contributed by atoms with E-state index in [2.05, 4.69) is 19.2 Å². The Balaban J connectivity index is 1.79. The van der Waals surface area contributed by atoms with Crippen molar-refractivity contribution in [2.24, 2.45) is 5.41 Å². The Kier molecular flexibility index (Phi) is 4.78. The fourth-order valence-corrected chi connectivity index (χ4v) is 3.78. The van der Waals surface area contributed by atoms with Crippen LogP contribution in [0.15, 0.2) is 48.5 Å². The Morgan fingerprint density at radius 1 is 0.931 bits per heavy atom. The normalized spacial score (nSPS) is 15.0. The molecule has 6 heteroatoms. The fraction of sp³-hybridized carbons (Fsp3) is 0.304. The lowest BCUT2D eigenvalue weighted by atomic mass is 9.76. The number of hydrogen-bond acceptors (Lipinski definition) is 5. The van der Waals surface area contributed by atoms with E-state index in [9.17, 15) is 4.79 Å². The molecule has 0 bridgehead atoms. The molecule has 150 valence electrons. The minimum atomic E-state index is -0.105. The zero-order valence-corrected chi connectivity index (χ0v) is 17.2. The average Bonchev–Trinajstić information content (AvgIpc) is 3.05. The number of nitrogens with zero attached hydrogens (tertiary/aromatic N) is 2. The summed E-state index contributed by atoms with van der Waals surface area (Å²) in [5.41, 5.74) is 3.26. The maximum atomic E-state index is 13.0. The highest BCUT2D eigenvalue weighted by molar-refractivity contribution is 6.03. The number of benzene rings is 2. The lowest BCUT2D eigenvalue weighted by Gasteiger charge is -2.29. The van der Waals surface area contributed by atoms with Gasteiger partial charge in [0.2, 0.25) is 0 Å². The van der Waals surface area contributed by atoms with Crippen molar-refractivity contribution in [2.45, 2.75) is 26.7 Å². The Hall–Kier alpha value is -3.28. The number of anilines is 2. The number of Topliss-reactive ketones (excluding diaryl/α,β-unsaturated/α-hetero) is 1. The van der Waals surface area contributed by atoms with Crippen molar-refractivity contribution in [3.8, 4) is 17.2 Å². The molecule has 0 unspecified atom stereocenters.